The van der Waals surface area contributed by atoms with Crippen LogP contribution in [0.15, 0.2) is 47.4 Å². The molecular formula is C20H12F7N3O3. The van der Waals surface area contributed by atoms with Crippen molar-refractivity contribution in [1.29, 1.82) is 0 Å². The molecular weight excluding hydrogens is 463 g/mol. The molecule has 0 saturated carbocycles. The molecule has 0 radical (unpaired) electrons. The van der Waals surface area contributed by atoms with Gasteiger partial charge in [0.1, 0.15) is 11.4 Å². The van der Waals surface area contributed by atoms with Gasteiger partial charge in [-0.1, -0.05) is 0 Å². The molecule has 2 N–H and O–H groups in total. The Hall–Kier alpha value is -3.90. The summed E-state index contributed by atoms with van der Waals surface area (Å²) in [6.45, 7) is 0. The summed E-state index contributed by atoms with van der Waals surface area (Å²) >= 11 is 0. The lowest BCUT2D eigenvalue weighted by Crippen LogP contribution is -2.22. The highest BCUT2D eigenvalue weighted by molar-refractivity contribution is 6.05. The van der Waals surface area contributed by atoms with Crippen molar-refractivity contribution < 1.29 is 40.3 Å². The Kier molecular flexibility index (Phi) is 6.16. The van der Waals surface area contributed by atoms with E-state index in [0.29, 0.717) is 12.3 Å². The van der Waals surface area contributed by atoms with E-state index >= 15 is 0 Å². The van der Waals surface area contributed by atoms with Crippen LogP contribution in [-0.2, 0) is 12.4 Å². The summed E-state index contributed by atoms with van der Waals surface area (Å²) in [7, 11) is 0.941. The second-order valence-corrected chi connectivity index (χ2v) is 6.52. The van der Waals surface area contributed by atoms with Gasteiger partial charge in [-0.2, -0.15) is 26.3 Å². The molecule has 0 spiro atoms. The molecule has 0 atom stereocenters. The van der Waals surface area contributed by atoms with E-state index in [1.54, 1.807) is 0 Å². The van der Waals surface area contributed by atoms with Crippen molar-refractivity contribution in [2.24, 2.45) is 0 Å². The molecule has 0 bridgehead atoms. The van der Waals surface area contributed by atoms with Crippen LogP contribution < -0.4 is 15.6 Å². The third-order valence-electron chi connectivity index (χ3n) is 4.33. The zero-order chi connectivity index (χ0) is 24.6. The molecule has 33 heavy (non-hydrogen) atoms. The molecule has 3 rings (SSSR count). The first kappa shape index (κ1) is 23.8. The first-order valence-corrected chi connectivity index (χ1v) is 8.84. The summed E-state index contributed by atoms with van der Waals surface area (Å²) in [6, 6.07) is 4.55. The molecule has 3 aromatic rings. The third-order valence-corrected chi connectivity index (χ3v) is 4.33. The Morgan fingerprint density at radius 1 is 1.00 bits per heavy atom. The molecule has 0 saturated heterocycles. The van der Waals surface area contributed by atoms with E-state index in [4.69, 9.17) is 0 Å². The van der Waals surface area contributed by atoms with E-state index in [-0.39, 0.29) is 23.0 Å². The molecule has 2 heterocycles. The predicted molar refractivity (Wildman–Crippen MR) is 101 cm³/mol. The molecule has 174 valence electrons. The summed E-state index contributed by atoms with van der Waals surface area (Å²) in [5, 5.41) is 2.13. The Morgan fingerprint density at radius 3 is 2.27 bits per heavy atom. The van der Waals surface area contributed by atoms with Crippen LogP contribution in [0.1, 0.15) is 21.5 Å². The Labute approximate surface area is 180 Å². The fraction of sp³-hybridized carbons (Fsp3) is 0.150. The maximum Gasteiger partial charge on any atom is 0.421 e. The number of pyridine rings is 2. The molecule has 0 fully saturated rings. The summed E-state index contributed by atoms with van der Waals surface area (Å²) in [5.74, 6) is -3.02. The van der Waals surface area contributed by atoms with Crippen LogP contribution in [0.2, 0.25) is 0 Å². The number of carbonyl (C=O) groups is 1. The zero-order valence-corrected chi connectivity index (χ0v) is 16.4. The highest BCUT2D eigenvalue weighted by Crippen LogP contribution is 2.37. The highest BCUT2D eigenvalue weighted by Gasteiger charge is 2.36. The third kappa shape index (κ3) is 5.13. The Morgan fingerprint density at radius 2 is 1.67 bits per heavy atom. The monoisotopic (exact) mass is 475 g/mol. The number of alkyl halides is 6. The van der Waals surface area contributed by atoms with Crippen LogP contribution in [0.4, 0.5) is 36.4 Å². The highest BCUT2D eigenvalue weighted by atomic mass is 19.4. The summed E-state index contributed by atoms with van der Waals surface area (Å²) < 4.78 is 97.5. The van der Waals surface area contributed by atoms with E-state index in [9.17, 15) is 40.3 Å². The van der Waals surface area contributed by atoms with Crippen molar-refractivity contribution in [1.82, 2.24) is 9.97 Å². The van der Waals surface area contributed by atoms with Crippen molar-refractivity contribution in [3.8, 4) is 17.1 Å². The molecule has 2 aromatic heterocycles. The molecule has 1 amide bonds. The number of amides is 1. The number of nitrogens with one attached hydrogen (secondary N) is 2. The van der Waals surface area contributed by atoms with Crippen LogP contribution in [0.25, 0.3) is 11.3 Å². The number of ether oxygens (including phenoxy) is 1. The van der Waals surface area contributed by atoms with Crippen molar-refractivity contribution >= 4 is 11.6 Å². The molecule has 0 aliphatic heterocycles. The number of carbonyl (C=O) groups excluding carboxylic acids is 1. The van der Waals surface area contributed by atoms with Gasteiger partial charge in [-0.25, -0.2) is 9.37 Å². The quantitative estimate of drug-likeness (QED) is 0.528. The van der Waals surface area contributed by atoms with Gasteiger partial charge in [0.05, 0.1) is 23.9 Å². The summed E-state index contributed by atoms with van der Waals surface area (Å²) in [4.78, 5) is 29.2. The maximum atomic E-state index is 14.3. The van der Waals surface area contributed by atoms with E-state index in [0.717, 1.165) is 31.4 Å². The number of hydrogen-bond donors (Lipinski definition) is 2. The van der Waals surface area contributed by atoms with E-state index in [2.05, 4.69) is 15.0 Å². The van der Waals surface area contributed by atoms with E-state index in [1.165, 1.54) is 0 Å². The number of nitrogens with zero attached hydrogens (tertiary/aromatic N) is 1. The van der Waals surface area contributed by atoms with Crippen molar-refractivity contribution in [3.63, 3.8) is 0 Å². The van der Waals surface area contributed by atoms with Crippen LogP contribution in [-0.4, -0.2) is 23.0 Å². The van der Waals surface area contributed by atoms with E-state index in [1.807, 2.05) is 4.98 Å². The van der Waals surface area contributed by atoms with Gasteiger partial charge in [0.15, 0.2) is 0 Å². The number of rotatable bonds is 4. The van der Waals surface area contributed by atoms with Crippen molar-refractivity contribution in [3.05, 3.63) is 75.5 Å². The lowest BCUT2D eigenvalue weighted by atomic mass is 10.1. The van der Waals surface area contributed by atoms with Crippen molar-refractivity contribution in [2.75, 3.05) is 12.4 Å². The van der Waals surface area contributed by atoms with E-state index < -0.39 is 52.2 Å². The first-order valence-electron chi connectivity index (χ1n) is 8.84. The molecule has 0 aliphatic rings. The zero-order valence-electron chi connectivity index (χ0n) is 16.4. The predicted octanol–water partition coefficient (Wildman–Crippen LogP) is 4.87. The number of methoxy groups -OCH3 is 1. The summed E-state index contributed by atoms with van der Waals surface area (Å²) in [5.41, 5.74) is -5.48. The fourth-order valence-electron chi connectivity index (χ4n) is 2.85. The van der Waals surface area contributed by atoms with Gasteiger partial charge in [0, 0.05) is 23.5 Å². The van der Waals surface area contributed by atoms with Crippen molar-refractivity contribution in [2.45, 2.75) is 12.4 Å². The average Bonchev–Trinajstić information content (AvgIpc) is 2.73. The topological polar surface area (TPSA) is 84.1 Å². The lowest BCUT2D eigenvalue weighted by molar-refractivity contribution is -0.139. The second-order valence-electron chi connectivity index (χ2n) is 6.52. The number of benzene rings is 1. The number of H-pyrrole nitrogens is 1. The molecule has 6 nitrogen and oxygen atoms in total. The van der Waals surface area contributed by atoms with Gasteiger partial charge in [0.25, 0.3) is 5.91 Å². The lowest BCUT2D eigenvalue weighted by Gasteiger charge is -2.14. The molecule has 1 aromatic carbocycles. The maximum absolute atomic E-state index is 14.3. The Balaban J connectivity index is 1.99. The minimum atomic E-state index is -5.00. The average molecular weight is 475 g/mol. The van der Waals surface area contributed by atoms with Gasteiger partial charge in [0.2, 0.25) is 11.4 Å². The van der Waals surface area contributed by atoms with Gasteiger partial charge in [-0.3, -0.25) is 9.59 Å². The van der Waals surface area contributed by atoms with Gasteiger partial charge in [-0.05, 0) is 30.3 Å². The largest absolute Gasteiger partial charge is 0.481 e. The fourth-order valence-corrected chi connectivity index (χ4v) is 2.85. The van der Waals surface area contributed by atoms with Crippen LogP contribution in [0.5, 0.6) is 5.88 Å². The first-order chi connectivity index (χ1) is 15.3. The van der Waals surface area contributed by atoms with Gasteiger partial charge >= 0.3 is 12.4 Å². The number of aromatic amines is 1. The normalized spacial score (nSPS) is 11.9. The van der Waals surface area contributed by atoms with Gasteiger partial charge in [-0.15, -0.1) is 0 Å². The smallest absolute Gasteiger partial charge is 0.421 e. The number of anilines is 1. The number of hydrogen-bond acceptors (Lipinski definition) is 4. The van der Waals surface area contributed by atoms with Crippen LogP contribution >= 0.6 is 0 Å². The standard InChI is InChI=1S/C20H12F7N3O3/c1-33-18-12(19(22,23)24)3-5-15(30-18)10-6-9(2-4-14(10)21)29-17(32)11-8-28-16(31)7-13(11)20(25,26)27/h2-8H,1H3,(H,28,31)(H,29,32). The SMILES string of the molecule is COc1nc(-c2cc(NC(=O)c3c[nH]c(=O)cc3C(F)(F)F)ccc2F)ccc1C(F)(F)F. The molecule has 0 aliphatic carbocycles. The van der Waals surface area contributed by atoms with Crippen LogP contribution in [0, 0.1) is 5.82 Å². The molecule has 0 unspecified atom stereocenters. The second kappa shape index (κ2) is 8.56. The van der Waals surface area contributed by atoms with Crippen LogP contribution in [0.3, 0.4) is 0 Å². The Bertz CT molecular complexity index is 1270. The summed E-state index contributed by atoms with van der Waals surface area (Å²) in [6.07, 6.45) is -9.21. The van der Waals surface area contributed by atoms with Gasteiger partial charge < -0.3 is 15.0 Å². The molecule has 13 heteroatoms. The minimum Gasteiger partial charge on any atom is -0.481 e. The minimum absolute atomic E-state index is 0.184. The number of aromatic nitrogens is 2. The number of halogens is 7.